The summed E-state index contributed by atoms with van der Waals surface area (Å²) in [5.41, 5.74) is 0.536. The molecule has 0 saturated carbocycles. The minimum atomic E-state index is -2.48. The maximum Gasteiger partial charge on any atom is 0.283 e. The number of aromatic amines is 1. The van der Waals surface area contributed by atoms with Gasteiger partial charge in [-0.15, -0.1) is 0 Å². The lowest BCUT2D eigenvalue weighted by Gasteiger charge is -1.91. The van der Waals surface area contributed by atoms with Crippen LogP contribution in [0.3, 0.4) is 0 Å². The van der Waals surface area contributed by atoms with Gasteiger partial charge in [0.25, 0.3) is 6.43 Å². The van der Waals surface area contributed by atoms with Crippen molar-refractivity contribution in [2.45, 2.75) is 13.3 Å². The highest BCUT2D eigenvalue weighted by Crippen LogP contribution is 2.23. The third-order valence-corrected chi connectivity index (χ3v) is 2.47. The summed E-state index contributed by atoms with van der Waals surface area (Å²) in [7, 11) is 0. The molecule has 56 valence electrons. The largest absolute Gasteiger partial charge is 0.283 e. The Morgan fingerprint density at radius 2 is 2.20 bits per heavy atom. The molecule has 1 N–H and O–H groups in total. The van der Waals surface area contributed by atoms with Crippen molar-refractivity contribution >= 4 is 22.6 Å². The Balaban J connectivity index is 3.05. The molecule has 2 nitrogen and oxygen atoms in total. The van der Waals surface area contributed by atoms with Gasteiger partial charge < -0.3 is 0 Å². The standard InChI is InChI=1S/C5H5F2IN2/c1-2-3(8)4(5(6)7)10-9-2/h5H,1H3,(H,9,10). The van der Waals surface area contributed by atoms with Crippen LogP contribution in [0, 0.1) is 10.5 Å². The number of aromatic nitrogens is 2. The van der Waals surface area contributed by atoms with Crippen molar-refractivity contribution in [3.63, 3.8) is 0 Å². The summed E-state index contributed by atoms with van der Waals surface area (Å²) in [6.07, 6.45) is -2.48. The van der Waals surface area contributed by atoms with Crippen LogP contribution in [0.25, 0.3) is 0 Å². The van der Waals surface area contributed by atoms with Gasteiger partial charge in [-0.1, -0.05) is 0 Å². The number of alkyl halides is 2. The number of nitrogens with zero attached hydrogens (tertiary/aromatic N) is 1. The summed E-state index contributed by atoms with van der Waals surface area (Å²) >= 11 is 1.84. The van der Waals surface area contributed by atoms with Gasteiger partial charge in [0.2, 0.25) is 0 Å². The average Bonchev–Trinajstić information content (AvgIpc) is 2.14. The van der Waals surface area contributed by atoms with E-state index in [-0.39, 0.29) is 5.69 Å². The Morgan fingerprint density at radius 3 is 2.40 bits per heavy atom. The third kappa shape index (κ3) is 1.28. The zero-order chi connectivity index (χ0) is 7.72. The molecule has 0 aromatic carbocycles. The molecule has 1 aromatic heterocycles. The van der Waals surface area contributed by atoms with Gasteiger partial charge in [0.1, 0.15) is 5.69 Å². The molecular formula is C5H5F2IN2. The molecule has 0 fully saturated rings. The molecular weight excluding hydrogens is 253 g/mol. The lowest BCUT2D eigenvalue weighted by atomic mass is 10.4. The Kier molecular flexibility index (Phi) is 2.22. The van der Waals surface area contributed by atoms with Crippen molar-refractivity contribution in [3.05, 3.63) is 15.0 Å². The first-order chi connectivity index (χ1) is 4.63. The fourth-order valence-electron chi connectivity index (χ4n) is 0.579. The molecule has 0 atom stereocenters. The van der Waals surface area contributed by atoms with Gasteiger partial charge in [-0.05, 0) is 29.5 Å². The van der Waals surface area contributed by atoms with E-state index in [4.69, 9.17) is 0 Å². The Labute approximate surface area is 70.2 Å². The molecule has 0 bridgehead atoms. The van der Waals surface area contributed by atoms with E-state index in [1.165, 1.54) is 0 Å². The maximum absolute atomic E-state index is 12.0. The van der Waals surface area contributed by atoms with E-state index < -0.39 is 6.43 Å². The van der Waals surface area contributed by atoms with Crippen LogP contribution in [-0.2, 0) is 0 Å². The second-order valence-electron chi connectivity index (χ2n) is 1.85. The monoisotopic (exact) mass is 258 g/mol. The Morgan fingerprint density at radius 1 is 1.60 bits per heavy atom. The van der Waals surface area contributed by atoms with Crippen LogP contribution in [0.1, 0.15) is 17.8 Å². The van der Waals surface area contributed by atoms with Crippen molar-refractivity contribution in [2.75, 3.05) is 0 Å². The van der Waals surface area contributed by atoms with Crippen LogP contribution in [0.4, 0.5) is 8.78 Å². The first-order valence-electron chi connectivity index (χ1n) is 2.61. The number of hydrogen-bond acceptors (Lipinski definition) is 1. The van der Waals surface area contributed by atoms with Gasteiger partial charge in [-0.2, -0.15) is 5.10 Å². The number of hydrogen-bond donors (Lipinski definition) is 1. The lowest BCUT2D eigenvalue weighted by Crippen LogP contribution is -1.86. The number of H-pyrrole nitrogens is 1. The van der Waals surface area contributed by atoms with Crippen molar-refractivity contribution in [2.24, 2.45) is 0 Å². The van der Waals surface area contributed by atoms with Crippen LogP contribution in [0.2, 0.25) is 0 Å². The first kappa shape index (κ1) is 7.90. The summed E-state index contributed by atoms with van der Waals surface area (Å²) in [4.78, 5) is 0. The molecule has 1 rings (SSSR count). The van der Waals surface area contributed by atoms with E-state index in [0.29, 0.717) is 9.26 Å². The highest BCUT2D eigenvalue weighted by molar-refractivity contribution is 14.1. The Hall–Kier alpha value is -0.200. The highest BCUT2D eigenvalue weighted by Gasteiger charge is 2.15. The molecule has 0 unspecified atom stereocenters. The normalized spacial score (nSPS) is 10.9. The van der Waals surface area contributed by atoms with Gasteiger partial charge in [-0.25, -0.2) is 8.78 Å². The topological polar surface area (TPSA) is 28.7 Å². The predicted octanol–water partition coefficient (Wildman–Crippen LogP) is 2.26. The summed E-state index contributed by atoms with van der Waals surface area (Å²) in [5, 5.41) is 5.91. The van der Waals surface area contributed by atoms with Crippen molar-refractivity contribution in [1.29, 1.82) is 0 Å². The smallest absolute Gasteiger partial charge is 0.281 e. The SMILES string of the molecule is Cc1[nH]nc(C(F)F)c1I. The number of rotatable bonds is 1. The van der Waals surface area contributed by atoms with Gasteiger partial charge in [0.05, 0.1) is 3.57 Å². The second-order valence-corrected chi connectivity index (χ2v) is 2.93. The van der Waals surface area contributed by atoms with Crippen molar-refractivity contribution < 1.29 is 8.78 Å². The van der Waals surface area contributed by atoms with E-state index in [9.17, 15) is 8.78 Å². The molecule has 0 spiro atoms. The Bertz CT molecular complexity index is 234. The average molecular weight is 258 g/mol. The zero-order valence-corrected chi connectivity index (χ0v) is 7.32. The highest BCUT2D eigenvalue weighted by atomic mass is 127. The van der Waals surface area contributed by atoms with E-state index in [2.05, 4.69) is 10.2 Å². The van der Waals surface area contributed by atoms with Crippen LogP contribution in [0.5, 0.6) is 0 Å². The van der Waals surface area contributed by atoms with E-state index in [1.807, 2.05) is 22.6 Å². The second kappa shape index (κ2) is 2.81. The van der Waals surface area contributed by atoms with Gasteiger partial charge >= 0.3 is 0 Å². The molecule has 0 aliphatic carbocycles. The molecule has 1 aromatic rings. The summed E-state index contributed by atoms with van der Waals surface area (Å²) < 4.78 is 24.4. The van der Waals surface area contributed by atoms with Crippen LogP contribution >= 0.6 is 22.6 Å². The van der Waals surface area contributed by atoms with Crippen LogP contribution in [-0.4, -0.2) is 10.2 Å². The maximum atomic E-state index is 12.0. The van der Waals surface area contributed by atoms with E-state index in [0.717, 1.165) is 0 Å². The zero-order valence-electron chi connectivity index (χ0n) is 5.16. The quantitative estimate of drug-likeness (QED) is 0.769. The van der Waals surface area contributed by atoms with Crippen molar-refractivity contribution in [3.8, 4) is 0 Å². The summed E-state index contributed by atoms with van der Waals surface area (Å²) in [5.74, 6) is 0. The van der Waals surface area contributed by atoms with Crippen molar-refractivity contribution in [1.82, 2.24) is 10.2 Å². The van der Waals surface area contributed by atoms with Gasteiger partial charge in [-0.3, -0.25) is 5.10 Å². The predicted molar refractivity (Wildman–Crippen MR) is 41.0 cm³/mol. The van der Waals surface area contributed by atoms with Crippen LogP contribution < -0.4 is 0 Å². The number of halogens is 3. The molecule has 0 saturated heterocycles. The van der Waals surface area contributed by atoms with E-state index in [1.54, 1.807) is 6.92 Å². The molecule has 10 heavy (non-hydrogen) atoms. The van der Waals surface area contributed by atoms with E-state index >= 15 is 0 Å². The molecule has 0 amide bonds. The minimum Gasteiger partial charge on any atom is -0.281 e. The fraction of sp³-hybridized carbons (Fsp3) is 0.400. The molecule has 0 aliphatic heterocycles. The van der Waals surface area contributed by atoms with Gasteiger partial charge in [0, 0.05) is 5.69 Å². The lowest BCUT2D eigenvalue weighted by molar-refractivity contribution is 0.145. The minimum absolute atomic E-state index is 0.155. The molecule has 5 heteroatoms. The summed E-state index contributed by atoms with van der Waals surface area (Å²) in [6.45, 7) is 1.71. The molecule has 0 radical (unpaired) electrons. The van der Waals surface area contributed by atoms with Gasteiger partial charge in [0.15, 0.2) is 0 Å². The molecule has 0 aliphatic rings. The number of aryl methyl sites for hydroxylation is 1. The molecule has 1 heterocycles. The van der Waals surface area contributed by atoms with Crippen LogP contribution in [0.15, 0.2) is 0 Å². The summed E-state index contributed by atoms with van der Waals surface area (Å²) in [6, 6.07) is 0. The first-order valence-corrected chi connectivity index (χ1v) is 3.69. The fourth-order valence-corrected chi connectivity index (χ4v) is 1.06. The third-order valence-electron chi connectivity index (χ3n) is 1.10. The number of nitrogens with one attached hydrogen (secondary N) is 1.